The van der Waals surface area contributed by atoms with Gasteiger partial charge in [-0.15, -0.1) is 0 Å². The van der Waals surface area contributed by atoms with Gasteiger partial charge < -0.3 is 14.8 Å². The topological polar surface area (TPSA) is 84.9 Å². The fourth-order valence-electron chi connectivity index (χ4n) is 2.99. The maximum absolute atomic E-state index is 12.3. The van der Waals surface area contributed by atoms with Crippen molar-refractivity contribution in [3.63, 3.8) is 0 Å². The first kappa shape index (κ1) is 18.4. The number of benzene rings is 2. The number of nitrogens with one attached hydrogen (secondary N) is 1. The summed E-state index contributed by atoms with van der Waals surface area (Å²) in [5.74, 6) is 0.273. The quantitative estimate of drug-likeness (QED) is 0.752. The molecule has 1 heterocycles. The van der Waals surface area contributed by atoms with Gasteiger partial charge in [0, 0.05) is 13.1 Å². The number of ether oxygens (including phenoxy) is 2. The second kappa shape index (κ2) is 7.90. The van der Waals surface area contributed by atoms with Crippen molar-refractivity contribution in [3.8, 4) is 11.5 Å². The molecule has 7 nitrogen and oxygen atoms in total. The number of nitrogens with zero attached hydrogens (tertiary/aromatic N) is 1. The third-order valence-corrected chi connectivity index (χ3v) is 4.35. The zero-order valence-electron chi connectivity index (χ0n) is 15.2. The van der Waals surface area contributed by atoms with Crippen molar-refractivity contribution in [2.45, 2.75) is 6.42 Å². The molecule has 1 aliphatic heterocycles. The Balaban J connectivity index is 1.53. The fraction of sp³-hybridized carbons (Fsp3) is 0.250. The van der Waals surface area contributed by atoms with Gasteiger partial charge >= 0.3 is 0 Å². The van der Waals surface area contributed by atoms with Crippen LogP contribution in [0.2, 0.25) is 0 Å². The van der Waals surface area contributed by atoms with E-state index in [9.17, 15) is 14.4 Å². The maximum atomic E-state index is 12.3. The largest absolute Gasteiger partial charge is 0.493 e. The van der Waals surface area contributed by atoms with E-state index in [2.05, 4.69) is 5.32 Å². The maximum Gasteiger partial charge on any atom is 0.261 e. The number of carbonyl (C=O) groups excluding carboxylic acids is 3. The summed E-state index contributed by atoms with van der Waals surface area (Å²) in [7, 11) is 3.08. The van der Waals surface area contributed by atoms with E-state index in [4.69, 9.17) is 9.47 Å². The molecule has 0 fully saturated rings. The van der Waals surface area contributed by atoms with Crippen molar-refractivity contribution < 1.29 is 23.9 Å². The lowest BCUT2D eigenvalue weighted by Crippen LogP contribution is -2.38. The number of carbonyl (C=O) groups is 3. The van der Waals surface area contributed by atoms with Gasteiger partial charge in [0.2, 0.25) is 5.91 Å². The van der Waals surface area contributed by atoms with E-state index in [0.29, 0.717) is 22.6 Å². The van der Waals surface area contributed by atoms with E-state index in [-0.39, 0.29) is 37.2 Å². The van der Waals surface area contributed by atoms with Crippen molar-refractivity contribution in [1.82, 2.24) is 10.2 Å². The summed E-state index contributed by atoms with van der Waals surface area (Å²) in [6.45, 7) is 0.321. The van der Waals surface area contributed by atoms with Crippen LogP contribution in [0.1, 0.15) is 26.3 Å². The molecule has 3 amide bonds. The highest BCUT2D eigenvalue weighted by atomic mass is 16.5. The summed E-state index contributed by atoms with van der Waals surface area (Å²) in [4.78, 5) is 37.8. The van der Waals surface area contributed by atoms with Crippen LogP contribution in [0.5, 0.6) is 11.5 Å². The molecule has 140 valence electrons. The highest BCUT2D eigenvalue weighted by molar-refractivity contribution is 6.21. The Kier molecular flexibility index (Phi) is 5.40. The molecule has 0 aromatic heterocycles. The monoisotopic (exact) mass is 368 g/mol. The number of amides is 3. The standard InChI is InChI=1S/C20H20N2O5/c1-26-16-8-7-13(11-17(16)27-2)12-18(23)21-9-10-22-19(24)14-5-3-4-6-15(14)20(22)25/h3-8,11H,9-10,12H2,1-2H3,(H,21,23). The molecule has 0 radical (unpaired) electrons. The van der Waals surface area contributed by atoms with Gasteiger partial charge in [-0.2, -0.15) is 0 Å². The first-order valence-electron chi connectivity index (χ1n) is 8.48. The van der Waals surface area contributed by atoms with Gasteiger partial charge in [-0.3, -0.25) is 19.3 Å². The molecule has 0 saturated heterocycles. The number of hydrogen-bond donors (Lipinski definition) is 1. The SMILES string of the molecule is COc1ccc(CC(=O)NCCN2C(=O)c3ccccc3C2=O)cc1OC. The number of hydrogen-bond acceptors (Lipinski definition) is 5. The van der Waals surface area contributed by atoms with Crippen LogP contribution in [0.3, 0.4) is 0 Å². The molecule has 0 saturated carbocycles. The first-order valence-corrected chi connectivity index (χ1v) is 8.48. The van der Waals surface area contributed by atoms with Crippen LogP contribution in [0.25, 0.3) is 0 Å². The van der Waals surface area contributed by atoms with Crippen LogP contribution in [0.15, 0.2) is 42.5 Å². The molecule has 1 N–H and O–H groups in total. The highest BCUT2D eigenvalue weighted by Gasteiger charge is 2.34. The minimum atomic E-state index is -0.329. The Morgan fingerprint density at radius 1 is 0.963 bits per heavy atom. The molecule has 2 aromatic rings. The summed E-state index contributed by atoms with van der Waals surface area (Å²) in [5, 5.41) is 2.73. The van der Waals surface area contributed by atoms with Gasteiger partial charge in [0.15, 0.2) is 11.5 Å². The molecule has 3 rings (SSSR count). The Morgan fingerprint density at radius 3 is 2.19 bits per heavy atom. The Bertz CT molecular complexity index is 859. The molecule has 0 aliphatic carbocycles. The molecule has 27 heavy (non-hydrogen) atoms. The lowest BCUT2D eigenvalue weighted by molar-refractivity contribution is -0.120. The number of methoxy groups -OCH3 is 2. The second-order valence-electron chi connectivity index (χ2n) is 6.02. The van der Waals surface area contributed by atoms with Crippen LogP contribution >= 0.6 is 0 Å². The highest BCUT2D eigenvalue weighted by Crippen LogP contribution is 2.27. The van der Waals surface area contributed by atoms with Crippen molar-refractivity contribution in [3.05, 3.63) is 59.2 Å². The normalized spacial score (nSPS) is 12.7. The van der Waals surface area contributed by atoms with Crippen molar-refractivity contribution >= 4 is 17.7 Å². The molecular weight excluding hydrogens is 348 g/mol. The summed E-state index contributed by atoms with van der Waals surface area (Å²) in [6.07, 6.45) is 0.155. The van der Waals surface area contributed by atoms with Gasteiger partial charge in [-0.25, -0.2) is 0 Å². The third-order valence-electron chi connectivity index (χ3n) is 4.35. The average Bonchev–Trinajstić information content (AvgIpc) is 2.93. The van der Waals surface area contributed by atoms with Gasteiger partial charge in [0.25, 0.3) is 11.8 Å². The van der Waals surface area contributed by atoms with Crippen molar-refractivity contribution in [2.75, 3.05) is 27.3 Å². The number of imide groups is 1. The molecule has 0 unspecified atom stereocenters. The van der Waals surface area contributed by atoms with Gasteiger partial charge in [-0.05, 0) is 29.8 Å². The lowest BCUT2D eigenvalue weighted by atomic mass is 10.1. The summed E-state index contributed by atoms with van der Waals surface area (Å²) in [6, 6.07) is 12.0. The van der Waals surface area contributed by atoms with Crippen LogP contribution in [0.4, 0.5) is 0 Å². The number of rotatable bonds is 7. The summed E-state index contributed by atoms with van der Waals surface area (Å²) < 4.78 is 10.4. The smallest absolute Gasteiger partial charge is 0.261 e. The van der Waals surface area contributed by atoms with E-state index in [1.54, 1.807) is 49.6 Å². The van der Waals surface area contributed by atoms with Crippen LogP contribution in [-0.4, -0.2) is 49.9 Å². The minimum absolute atomic E-state index is 0.129. The van der Waals surface area contributed by atoms with Crippen LogP contribution in [0, 0.1) is 0 Å². The van der Waals surface area contributed by atoms with Crippen molar-refractivity contribution in [1.29, 1.82) is 0 Å². The molecule has 7 heteroatoms. The molecule has 1 aliphatic rings. The van der Waals surface area contributed by atoms with Crippen LogP contribution in [-0.2, 0) is 11.2 Å². The van der Waals surface area contributed by atoms with E-state index in [1.165, 1.54) is 7.11 Å². The van der Waals surface area contributed by atoms with Gasteiger partial charge in [-0.1, -0.05) is 18.2 Å². The summed E-state index contributed by atoms with van der Waals surface area (Å²) >= 11 is 0. The molecule has 2 aromatic carbocycles. The predicted octanol–water partition coefficient (Wildman–Crippen LogP) is 1.66. The van der Waals surface area contributed by atoms with Crippen molar-refractivity contribution in [2.24, 2.45) is 0 Å². The van der Waals surface area contributed by atoms with Gasteiger partial charge in [0.1, 0.15) is 0 Å². The van der Waals surface area contributed by atoms with E-state index in [0.717, 1.165) is 10.5 Å². The zero-order valence-corrected chi connectivity index (χ0v) is 15.2. The van der Waals surface area contributed by atoms with Gasteiger partial charge in [0.05, 0.1) is 31.8 Å². The Morgan fingerprint density at radius 2 is 1.59 bits per heavy atom. The molecular formula is C20H20N2O5. The minimum Gasteiger partial charge on any atom is -0.493 e. The average molecular weight is 368 g/mol. The lowest BCUT2D eigenvalue weighted by Gasteiger charge is -2.14. The second-order valence-corrected chi connectivity index (χ2v) is 6.02. The predicted molar refractivity (Wildman–Crippen MR) is 98.1 cm³/mol. The third kappa shape index (κ3) is 3.76. The Hall–Kier alpha value is -3.35. The molecule has 0 atom stereocenters. The summed E-state index contributed by atoms with van der Waals surface area (Å²) in [5.41, 5.74) is 1.57. The van der Waals surface area contributed by atoms with Crippen LogP contribution < -0.4 is 14.8 Å². The van der Waals surface area contributed by atoms with E-state index in [1.807, 2.05) is 0 Å². The van der Waals surface area contributed by atoms with E-state index < -0.39 is 0 Å². The first-order chi connectivity index (χ1) is 13.0. The molecule has 0 bridgehead atoms. The Labute approximate surface area is 156 Å². The zero-order chi connectivity index (χ0) is 19.4. The van der Waals surface area contributed by atoms with E-state index >= 15 is 0 Å². The fourth-order valence-corrected chi connectivity index (χ4v) is 2.99. The molecule has 0 spiro atoms. The number of fused-ring (bicyclic) bond motifs is 1.